The fourth-order valence-corrected chi connectivity index (χ4v) is 4.09. The second-order valence-corrected chi connectivity index (χ2v) is 7.59. The molecule has 3 aromatic carbocycles. The number of pyridine rings is 1. The minimum Gasteiger partial charge on any atom is -0.268 e. The van der Waals surface area contributed by atoms with Gasteiger partial charge >= 0.3 is 0 Å². The number of aromatic nitrogens is 1. The summed E-state index contributed by atoms with van der Waals surface area (Å²) in [5.74, 6) is -1.40. The lowest BCUT2D eigenvalue weighted by atomic mass is 10.1. The first-order valence-corrected chi connectivity index (χ1v) is 9.53. The van der Waals surface area contributed by atoms with E-state index in [2.05, 4.69) is 4.98 Å². The molecule has 134 valence electrons. The van der Waals surface area contributed by atoms with Crippen LogP contribution in [-0.4, -0.2) is 19.3 Å². The lowest BCUT2D eigenvalue weighted by molar-refractivity contribution is 0.0981. The molecule has 1 heterocycles. The van der Waals surface area contributed by atoms with Crippen LogP contribution in [0, 0.1) is 5.82 Å². The van der Waals surface area contributed by atoms with E-state index in [1.165, 1.54) is 18.3 Å². The average Bonchev–Trinajstić information content (AvgIpc) is 2.67. The molecule has 4 aromatic rings. The van der Waals surface area contributed by atoms with Crippen LogP contribution in [0.2, 0.25) is 0 Å². The van der Waals surface area contributed by atoms with Crippen molar-refractivity contribution in [1.29, 1.82) is 0 Å². The number of nitrogens with one attached hydrogen (secondary N) is 1. The van der Waals surface area contributed by atoms with Crippen LogP contribution < -0.4 is 4.72 Å². The molecule has 0 aliphatic heterocycles. The number of benzene rings is 3. The third-order valence-electron chi connectivity index (χ3n) is 4.21. The Morgan fingerprint density at radius 3 is 2.52 bits per heavy atom. The molecule has 0 fully saturated rings. The van der Waals surface area contributed by atoms with Crippen LogP contribution >= 0.6 is 0 Å². The number of carbonyl (C=O) groups is 1. The summed E-state index contributed by atoms with van der Waals surface area (Å²) < 4.78 is 41.4. The van der Waals surface area contributed by atoms with Crippen molar-refractivity contribution in [1.82, 2.24) is 9.71 Å². The van der Waals surface area contributed by atoms with Gasteiger partial charge in [0.25, 0.3) is 15.9 Å². The Balaban J connectivity index is 1.73. The quantitative estimate of drug-likeness (QED) is 0.589. The highest BCUT2D eigenvalue weighted by molar-refractivity contribution is 7.90. The van der Waals surface area contributed by atoms with Gasteiger partial charge in [-0.1, -0.05) is 30.3 Å². The van der Waals surface area contributed by atoms with Crippen LogP contribution in [0.5, 0.6) is 0 Å². The second-order valence-electron chi connectivity index (χ2n) is 5.94. The van der Waals surface area contributed by atoms with Gasteiger partial charge < -0.3 is 0 Å². The molecular weight excluding hydrogens is 367 g/mol. The predicted octanol–water partition coefficient (Wildman–Crippen LogP) is 3.65. The topological polar surface area (TPSA) is 76.1 Å². The molecule has 4 rings (SSSR count). The maximum Gasteiger partial charge on any atom is 0.265 e. The smallest absolute Gasteiger partial charge is 0.265 e. The van der Waals surface area contributed by atoms with E-state index < -0.39 is 21.7 Å². The Kier molecular flexibility index (Phi) is 4.08. The highest BCUT2D eigenvalue weighted by Crippen LogP contribution is 2.24. The number of hydrogen-bond donors (Lipinski definition) is 1. The molecule has 27 heavy (non-hydrogen) atoms. The number of amides is 1. The van der Waals surface area contributed by atoms with Gasteiger partial charge in [0.2, 0.25) is 0 Å². The van der Waals surface area contributed by atoms with Crippen LogP contribution in [0.1, 0.15) is 10.4 Å². The Bertz CT molecular complexity index is 1300. The van der Waals surface area contributed by atoms with Crippen molar-refractivity contribution in [2.45, 2.75) is 4.90 Å². The van der Waals surface area contributed by atoms with Crippen molar-refractivity contribution >= 4 is 37.6 Å². The molecule has 0 unspecified atom stereocenters. The van der Waals surface area contributed by atoms with Crippen molar-refractivity contribution in [2.24, 2.45) is 0 Å². The summed E-state index contributed by atoms with van der Waals surface area (Å²) in [6, 6.07) is 17.4. The largest absolute Gasteiger partial charge is 0.268 e. The summed E-state index contributed by atoms with van der Waals surface area (Å²) in [7, 11) is -4.21. The van der Waals surface area contributed by atoms with E-state index in [4.69, 9.17) is 0 Å². The summed E-state index contributed by atoms with van der Waals surface area (Å²) in [6.07, 6.45) is 1.37. The fraction of sp³-hybridized carbons (Fsp3) is 0. The molecule has 0 aliphatic rings. The van der Waals surface area contributed by atoms with Crippen LogP contribution in [0.3, 0.4) is 0 Å². The average molecular weight is 380 g/mol. The second kappa shape index (κ2) is 6.44. The van der Waals surface area contributed by atoms with E-state index in [1.807, 2.05) is 29.0 Å². The molecule has 0 radical (unpaired) electrons. The lowest BCUT2D eigenvalue weighted by Crippen LogP contribution is -2.30. The molecule has 5 nitrogen and oxygen atoms in total. The molecule has 0 aliphatic carbocycles. The van der Waals surface area contributed by atoms with E-state index in [0.717, 1.165) is 22.9 Å². The first-order chi connectivity index (χ1) is 13.0. The van der Waals surface area contributed by atoms with Gasteiger partial charge in [0, 0.05) is 17.1 Å². The first kappa shape index (κ1) is 17.1. The van der Waals surface area contributed by atoms with Gasteiger partial charge in [-0.2, -0.15) is 0 Å². The Morgan fingerprint density at radius 1 is 0.926 bits per heavy atom. The SMILES string of the molecule is O=C(NS(=O)(=O)c1ccc(F)c2ncccc12)c1ccc2ccccc2c1. The third kappa shape index (κ3) is 3.13. The summed E-state index contributed by atoms with van der Waals surface area (Å²) in [5, 5.41) is 1.86. The zero-order valence-electron chi connectivity index (χ0n) is 13.9. The van der Waals surface area contributed by atoms with Crippen LogP contribution in [0.25, 0.3) is 21.7 Å². The van der Waals surface area contributed by atoms with Gasteiger partial charge in [0.1, 0.15) is 11.3 Å². The maximum absolute atomic E-state index is 13.9. The minimum atomic E-state index is -4.21. The molecule has 7 heteroatoms. The highest BCUT2D eigenvalue weighted by Gasteiger charge is 2.22. The highest BCUT2D eigenvalue weighted by atomic mass is 32.2. The number of carbonyl (C=O) groups excluding carboxylic acids is 1. The van der Waals surface area contributed by atoms with Gasteiger partial charge in [0.05, 0.1) is 4.90 Å². The van der Waals surface area contributed by atoms with E-state index >= 15 is 0 Å². The predicted molar refractivity (Wildman–Crippen MR) is 100 cm³/mol. The van der Waals surface area contributed by atoms with E-state index in [9.17, 15) is 17.6 Å². The molecule has 1 amide bonds. The molecule has 0 bridgehead atoms. The van der Waals surface area contributed by atoms with E-state index in [0.29, 0.717) is 0 Å². The molecule has 1 aromatic heterocycles. The van der Waals surface area contributed by atoms with Crippen molar-refractivity contribution in [3.8, 4) is 0 Å². The third-order valence-corrected chi connectivity index (χ3v) is 5.60. The molecule has 0 saturated heterocycles. The fourth-order valence-electron chi connectivity index (χ4n) is 2.91. The Hall–Kier alpha value is -3.32. The summed E-state index contributed by atoms with van der Waals surface area (Å²) in [5.41, 5.74) is 0.139. The normalized spacial score (nSPS) is 11.6. The van der Waals surface area contributed by atoms with Crippen LogP contribution in [0.4, 0.5) is 4.39 Å². The summed E-state index contributed by atoms with van der Waals surface area (Å²) in [6.45, 7) is 0. The molecule has 0 saturated carbocycles. The van der Waals surface area contributed by atoms with E-state index in [-0.39, 0.29) is 21.4 Å². The van der Waals surface area contributed by atoms with Crippen molar-refractivity contribution in [3.63, 3.8) is 0 Å². The summed E-state index contributed by atoms with van der Waals surface area (Å²) in [4.78, 5) is 16.2. The van der Waals surface area contributed by atoms with Crippen LogP contribution in [-0.2, 0) is 10.0 Å². The van der Waals surface area contributed by atoms with Crippen molar-refractivity contribution < 1.29 is 17.6 Å². The standard InChI is InChI=1S/C20H13FN2O3S/c21-17-9-10-18(16-6-3-11-22-19(16)17)27(25,26)23-20(24)15-8-7-13-4-1-2-5-14(13)12-15/h1-12H,(H,23,24). The number of rotatable bonds is 3. The molecule has 1 N–H and O–H groups in total. The van der Waals surface area contributed by atoms with Crippen molar-refractivity contribution in [3.05, 3.63) is 84.3 Å². The Morgan fingerprint density at radius 2 is 1.70 bits per heavy atom. The summed E-state index contributed by atoms with van der Waals surface area (Å²) >= 11 is 0. The zero-order chi connectivity index (χ0) is 19.0. The Labute approximate surface area is 154 Å². The van der Waals surface area contributed by atoms with Crippen LogP contribution in [0.15, 0.2) is 77.8 Å². The van der Waals surface area contributed by atoms with Gasteiger partial charge in [0.15, 0.2) is 0 Å². The van der Waals surface area contributed by atoms with Gasteiger partial charge in [-0.15, -0.1) is 0 Å². The molecule has 0 spiro atoms. The van der Waals surface area contributed by atoms with Crippen molar-refractivity contribution in [2.75, 3.05) is 0 Å². The van der Waals surface area contributed by atoms with Gasteiger partial charge in [-0.05, 0) is 47.2 Å². The number of nitrogens with zero attached hydrogens (tertiary/aromatic N) is 1. The lowest BCUT2D eigenvalue weighted by Gasteiger charge is -2.10. The molecule has 0 atom stereocenters. The monoisotopic (exact) mass is 380 g/mol. The number of sulfonamides is 1. The van der Waals surface area contributed by atoms with E-state index in [1.54, 1.807) is 18.2 Å². The number of halogens is 1. The molecular formula is C20H13FN2O3S. The first-order valence-electron chi connectivity index (χ1n) is 8.05. The zero-order valence-corrected chi connectivity index (χ0v) is 14.7. The van der Waals surface area contributed by atoms with Gasteiger partial charge in [-0.3, -0.25) is 9.78 Å². The number of hydrogen-bond acceptors (Lipinski definition) is 4. The van der Waals surface area contributed by atoms with Gasteiger partial charge in [-0.25, -0.2) is 17.5 Å². The minimum absolute atomic E-state index is 0.0708. The maximum atomic E-state index is 13.9. The number of fused-ring (bicyclic) bond motifs is 2.